The van der Waals surface area contributed by atoms with Crippen molar-refractivity contribution in [2.45, 2.75) is 39.2 Å². The Morgan fingerprint density at radius 2 is 1.78 bits per heavy atom. The van der Waals surface area contributed by atoms with E-state index in [4.69, 9.17) is 5.73 Å². The van der Waals surface area contributed by atoms with Gasteiger partial charge in [0, 0.05) is 24.3 Å². The monoisotopic (exact) mass is 339 g/mol. The maximum atomic E-state index is 12.2. The lowest BCUT2D eigenvalue weighted by atomic mass is 9.99. The van der Waals surface area contributed by atoms with E-state index in [0.29, 0.717) is 11.3 Å². The summed E-state index contributed by atoms with van der Waals surface area (Å²) in [6.45, 7) is 5.64. The molecule has 1 aromatic rings. The Morgan fingerprint density at radius 3 is 2.30 bits per heavy atom. The number of nitrogens with zero attached hydrogens (tertiary/aromatic N) is 1. The summed E-state index contributed by atoms with van der Waals surface area (Å²) in [6.07, 6.45) is 3.01. The highest BCUT2D eigenvalue weighted by Gasteiger charge is 2.21. The number of rotatable bonds is 5. The van der Waals surface area contributed by atoms with Gasteiger partial charge in [0.15, 0.2) is 0 Å². The normalized spacial score (nSPS) is 16.4. The number of benzene rings is 1. The summed E-state index contributed by atoms with van der Waals surface area (Å²) in [4.78, 5) is 26.1. The Balaban J connectivity index is 0.00000264. The van der Waals surface area contributed by atoms with Crippen LogP contribution in [0.25, 0.3) is 0 Å². The number of anilines is 1. The lowest BCUT2D eigenvalue weighted by molar-refractivity contribution is -0.118. The number of carbonyl (C=O) groups is 2. The highest BCUT2D eigenvalue weighted by molar-refractivity contribution is 5.97. The third-order valence-corrected chi connectivity index (χ3v) is 4.35. The van der Waals surface area contributed by atoms with Gasteiger partial charge in [0.2, 0.25) is 5.91 Å². The van der Waals surface area contributed by atoms with Gasteiger partial charge in [-0.05, 0) is 43.0 Å². The van der Waals surface area contributed by atoms with Crippen LogP contribution in [-0.4, -0.2) is 35.8 Å². The van der Waals surface area contributed by atoms with E-state index in [0.717, 1.165) is 32.4 Å². The lowest BCUT2D eigenvalue weighted by Gasteiger charge is -2.18. The molecule has 6 heteroatoms. The molecule has 0 bridgehead atoms. The fourth-order valence-corrected chi connectivity index (χ4v) is 2.54. The topological polar surface area (TPSA) is 75.4 Å². The van der Waals surface area contributed by atoms with Crippen LogP contribution < -0.4 is 11.1 Å². The quantitative estimate of drug-likeness (QED) is 0.866. The van der Waals surface area contributed by atoms with Crippen LogP contribution in [-0.2, 0) is 4.79 Å². The third kappa shape index (κ3) is 4.94. The first kappa shape index (κ1) is 19.5. The smallest absolute Gasteiger partial charge is 0.253 e. The fraction of sp³-hybridized carbons (Fsp3) is 0.529. The molecule has 0 aromatic heterocycles. The molecule has 1 aliphatic heterocycles. The molecular formula is C17H26ClN3O2. The molecule has 2 atom stereocenters. The second-order valence-electron chi connectivity index (χ2n) is 5.98. The molecular weight excluding hydrogens is 314 g/mol. The van der Waals surface area contributed by atoms with Crippen LogP contribution in [0.4, 0.5) is 5.69 Å². The van der Waals surface area contributed by atoms with E-state index in [-0.39, 0.29) is 30.1 Å². The van der Waals surface area contributed by atoms with Gasteiger partial charge in [0.25, 0.3) is 5.91 Å². The summed E-state index contributed by atoms with van der Waals surface area (Å²) in [5.74, 6) is 0.00988. The minimum absolute atomic E-state index is 0. The number of likely N-dealkylation sites (tertiary alicyclic amines) is 1. The number of hydrogen-bond acceptors (Lipinski definition) is 3. The predicted molar refractivity (Wildman–Crippen MR) is 94.9 cm³/mol. The third-order valence-electron chi connectivity index (χ3n) is 4.35. The van der Waals surface area contributed by atoms with Gasteiger partial charge in [-0.1, -0.05) is 20.3 Å². The Labute approximate surface area is 144 Å². The maximum absolute atomic E-state index is 12.2. The van der Waals surface area contributed by atoms with Crippen molar-refractivity contribution in [3.8, 4) is 0 Å². The van der Waals surface area contributed by atoms with Crippen molar-refractivity contribution in [3.05, 3.63) is 29.8 Å². The zero-order valence-electron chi connectivity index (χ0n) is 13.7. The largest absolute Gasteiger partial charge is 0.339 e. The molecule has 0 aliphatic carbocycles. The van der Waals surface area contributed by atoms with Gasteiger partial charge in [-0.25, -0.2) is 0 Å². The molecule has 2 rings (SSSR count). The highest BCUT2D eigenvalue weighted by atomic mass is 35.5. The van der Waals surface area contributed by atoms with E-state index in [2.05, 4.69) is 5.32 Å². The van der Waals surface area contributed by atoms with E-state index in [1.54, 1.807) is 24.3 Å². The average Bonchev–Trinajstić information content (AvgIpc) is 3.07. The molecule has 0 radical (unpaired) electrons. The first-order valence-electron chi connectivity index (χ1n) is 7.98. The summed E-state index contributed by atoms with van der Waals surface area (Å²) < 4.78 is 0. The average molecular weight is 340 g/mol. The van der Waals surface area contributed by atoms with Gasteiger partial charge in [-0.15, -0.1) is 12.4 Å². The van der Waals surface area contributed by atoms with E-state index >= 15 is 0 Å². The van der Waals surface area contributed by atoms with Crippen LogP contribution in [0.1, 0.15) is 43.5 Å². The number of hydrogen-bond donors (Lipinski definition) is 2. The number of nitrogens with two attached hydrogens (primary N) is 1. The van der Waals surface area contributed by atoms with Crippen LogP contribution in [0.5, 0.6) is 0 Å². The first-order valence-corrected chi connectivity index (χ1v) is 7.98. The molecule has 2 unspecified atom stereocenters. The van der Waals surface area contributed by atoms with Crippen molar-refractivity contribution < 1.29 is 9.59 Å². The molecule has 2 amide bonds. The van der Waals surface area contributed by atoms with Crippen molar-refractivity contribution in [1.82, 2.24) is 4.90 Å². The standard InChI is InChI=1S/C17H25N3O2.ClH/c1-3-12(2)15(18)16(21)19-14-8-6-13(7-9-14)17(22)20-10-4-5-11-20;/h6-9,12,15H,3-5,10-11,18H2,1-2H3,(H,19,21);1H. The minimum Gasteiger partial charge on any atom is -0.339 e. The van der Waals surface area contributed by atoms with Crippen LogP contribution in [0.3, 0.4) is 0 Å². The van der Waals surface area contributed by atoms with Gasteiger partial charge in [-0.3, -0.25) is 9.59 Å². The molecule has 3 N–H and O–H groups in total. The summed E-state index contributed by atoms with van der Waals surface area (Å²) in [6, 6.07) is 6.50. The number of carbonyl (C=O) groups excluding carboxylic acids is 2. The Morgan fingerprint density at radius 1 is 1.22 bits per heavy atom. The predicted octanol–water partition coefficient (Wildman–Crippen LogP) is 2.66. The molecule has 1 heterocycles. The SMILES string of the molecule is CCC(C)C(N)C(=O)Nc1ccc(C(=O)N2CCCC2)cc1.Cl. The van der Waals surface area contributed by atoms with E-state index < -0.39 is 6.04 Å². The Bertz CT molecular complexity index is 527. The second kappa shape index (κ2) is 8.89. The molecule has 0 saturated carbocycles. The van der Waals surface area contributed by atoms with Crippen molar-refractivity contribution in [1.29, 1.82) is 0 Å². The number of halogens is 1. The highest BCUT2D eigenvalue weighted by Crippen LogP contribution is 2.16. The van der Waals surface area contributed by atoms with Gasteiger partial charge in [0.05, 0.1) is 6.04 Å². The summed E-state index contributed by atoms with van der Waals surface area (Å²) in [5, 5.41) is 2.80. The molecule has 1 fully saturated rings. The van der Waals surface area contributed by atoms with Crippen molar-refractivity contribution >= 4 is 29.9 Å². The van der Waals surface area contributed by atoms with Crippen LogP contribution in [0, 0.1) is 5.92 Å². The van der Waals surface area contributed by atoms with Gasteiger partial charge in [0.1, 0.15) is 0 Å². The van der Waals surface area contributed by atoms with Crippen LogP contribution in [0.2, 0.25) is 0 Å². The molecule has 0 spiro atoms. The number of nitrogens with one attached hydrogen (secondary N) is 1. The van der Waals surface area contributed by atoms with Gasteiger partial charge < -0.3 is 16.0 Å². The molecule has 1 saturated heterocycles. The molecule has 23 heavy (non-hydrogen) atoms. The van der Waals surface area contributed by atoms with E-state index in [9.17, 15) is 9.59 Å². The Hall–Kier alpha value is -1.59. The van der Waals surface area contributed by atoms with Crippen molar-refractivity contribution in [2.24, 2.45) is 11.7 Å². The second-order valence-corrected chi connectivity index (χ2v) is 5.98. The van der Waals surface area contributed by atoms with E-state index in [1.807, 2.05) is 18.7 Å². The zero-order valence-corrected chi connectivity index (χ0v) is 14.6. The Kier molecular flexibility index (Phi) is 7.52. The summed E-state index contributed by atoms with van der Waals surface area (Å²) in [5.41, 5.74) is 7.23. The van der Waals surface area contributed by atoms with Gasteiger partial charge >= 0.3 is 0 Å². The summed E-state index contributed by atoms with van der Waals surface area (Å²) >= 11 is 0. The molecule has 1 aliphatic rings. The zero-order chi connectivity index (χ0) is 16.1. The lowest BCUT2D eigenvalue weighted by Crippen LogP contribution is -2.40. The molecule has 1 aromatic carbocycles. The van der Waals surface area contributed by atoms with Crippen molar-refractivity contribution in [2.75, 3.05) is 18.4 Å². The van der Waals surface area contributed by atoms with Gasteiger partial charge in [-0.2, -0.15) is 0 Å². The molecule has 128 valence electrons. The van der Waals surface area contributed by atoms with Crippen LogP contribution >= 0.6 is 12.4 Å². The molecule has 5 nitrogen and oxygen atoms in total. The van der Waals surface area contributed by atoms with Crippen LogP contribution in [0.15, 0.2) is 24.3 Å². The van der Waals surface area contributed by atoms with Crippen molar-refractivity contribution in [3.63, 3.8) is 0 Å². The summed E-state index contributed by atoms with van der Waals surface area (Å²) in [7, 11) is 0. The maximum Gasteiger partial charge on any atom is 0.253 e. The first-order chi connectivity index (χ1) is 10.5. The minimum atomic E-state index is -0.518. The van der Waals surface area contributed by atoms with E-state index in [1.165, 1.54) is 0 Å². The number of amides is 2. The fourth-order valence-electron chi connectivity index (χ4n) is 2.54.